The van der Waals surface area contributed by atoms with E-state index >= 15 is 0 Å². The van der Waals surface area contributed by atoms with Gasteiger partial charge in [0, 0.05) is 12.6 Å². The van der Waals surface area contributed by atoms with E-state index in [0.29, 0.717) is 12.2 Å². The molecule has 0 bridgehead atoms. The normalized spacial score (nSPS) is 10.3. The van der Waals surface area contributed by atoms with Crippen molar-refractivity contribution >= 4 is 0 Å². The van der Waals surface area contributed by atoms with E-state index in [2.05, 4.69) is 10.2 Å². The molecule has 0 atom stereocenters. The molecule has 88 valence electrons. The predicted molar refractivity (Wildman–Crippen MR) is 61.1 cm³/mol. The second-order valence-electron chi connectivity index (χ2n) is 3.60. The summed E-state index contributed by atoms with van der Waals surface area (Å²) in [6.07, 6.45) is 0. The largest absolute Gasteiger partial charge is 0.434 e. The van der Waals surface area contributed by atoms with Gasteiger partial charge in [-0.05, 0) is 30.7 Å². The van der Waals surface area contributed by atoms with E-state index in [1.807, 2.05) is 6.92 Å². The minimum absolute atomic E-state index is 0.139. The molecule has 2 rings (SSSR count). The van der Waals surface area contributed by atoms with Crippen LogP contribution in [0, 0.1) is 12.7 Å². The first-order chi connectivity index (χ1) is 8.19. The molecule has 0 fully saturated rings. The molecule has 0 saturated carbocycles. The lowest BCUT2D eigenvalue weighted by Crippen LogP contribution is -2.01. The van der Waals surface area contributed by atoms with Crippen molar-refractivity contribution in [3.05, 3.63) is 47.4 Å². The van der Waals surface area contributed by atoms with E-state index in [1.54, 1.807) is 24.3 Å². The second-order valence-corrected chi connectivity index (χ2v) is 3.60. The molecule has 0 spiro atoms. The fourth-order valence-corrected chi connectivity index (χ4v) is 1.31. The van der Waals surface area contributed by atoms with E-state index in [-0.39, 0.29) is 11.6 Å². The summed E-state index contributed by atoms with van der Waals surface area (Å²) >= 11 is 0. The number of nitrogens with zero attached hydrogens (tertiary/aromatic N) is 2. The Labute approximate surface area is 98.2 Å². The molecule has 5 heteroatoms. The molecule has 0 aliphatic rings. The van der Waals surface area contributed by atoms with Crippen LogP contribution in [0.25, 0.3) is 0 Å². The van der Waals surface area contributed by atoms with Gasteiger partial charge in [-0.25, -0.2) is 4.39 Å². The van der Waals surface area contributed by atoms with Gasteiger partial charge in [0.25, 0.3) is 0 Å². The van der Waals surface area contributed by atoms with Gasteiger partial charge in [0.15, 0.2) is 11.6 Å². The van der Waals surface area contributed by atoms with Crippen molar-refractivity contribution in [2.45, 2.75) is 13.5 Å². The van der Waals surface area contributed by atoms with E-state index in [4.69, 9.17) is 10.5 Å². The highest BCUT2D eigenvalue weighted by Crippen LogP contribution is 2.23. The Bertz CT molecular complexity index is 514. The monoisotopic (exact) mass is 233 g/mol. The molecule has 0 unspecified atom stereocenters. The van der Waals surface area contributed by atoms with Crippen LogP contribution in [0.2, 0.25) is 0 Å². The maximum absolute atomic E-state index is 13.4. The van der Waals surface area contributed by atoms with Crippen LogP contribution in [0.15, 0.2) is 30.3 Å². The van der Waals surface area contributed by atoms with Gasteiger partial charge < -0.3 is 10.5 Å². The standard InChI is InChI=1S/C12H12FN3O/c1-8-2-4-10(13)11(6-8)17-12-5-3-9(7-14)15-16-12/h2-6H,7,14H2,1H3. The van der Waals surface area contributed by atoms with Crippen molar-refractivity contribution < 1.29 is 9.13 Å². The Hall–Kier alpha value is -2.01. The molecule has 1 heterocycles. The molecule has 0 saturated heterocycles. The smallest absolute Gasteiger partial charge is 0.239 e. The number of aromatic nitrogens is 2. The molecule has 0 amide bonds. The molecule has 4 nitrogen and oxygen atoms in total. The summed E-state index contributed by atoms with van der Waals surface area (Å²) in [5.41, 5.74) is 6.96. The zero-order valence-corrected chi connectivity index (χ0v) is 9.35. The zero-order chi connectivity index (χ0) is 12.3. The van der Waals surface area contributed by atoms with Crippen LogP contribution in [-0.2, 0) is 6.54 Å². The van der Waals surface area contributed by atoms with Crippen molar-refractivity contribution in [1.82, 2.24) is 10.2 Å². The minimum Gasteiger partial charge on any atom is -0.434 e. The molecule has 1 aromatic heterocycles. The maximum Gasteiger partial charge on any atom is 0.239 e. The van der Waals surface area contributed by atoms with Crippen molar-refractivity contribution in [1.29, 1.82) is 0 Å². The van der Waals surface area contributed by atoms with Gasteiger partial charge >= 0.3 is 0 Å². The van der Waals surface area contributed by atoms with Gasteiger partial charge in [-0.15, -0.1) is 5.10 Å². The number of ether oxygens (including phenoxy) is 1. The molecular weight excluding hydrogens is 221 g/mol. The van der Waals surface area contributed by atoms with Crippen LogP contribution in [0.5, 0.6) is 11.6 Å². The molecular formula is C12H12FN3O. The van der Waals surface area contributed by atoms with Crippen LogP contribution in [0.1, 0.15) is 11.3 Å². The van der Waals surface area contributed by atoms with Crippen molar-refractivity contribution in [3.8, 4) is 11.6 Å². The molecule has 2 aromatic rings. The Morgan fingerprint density at radius 2 is 2.06 bits per heavy atom. The molecule has 0 aliphatic heterocycles. The maximum atomic E-state index is 13.4. The SMILES string of the molecule is Cc1ccc(F)c(Oc2ccc(CN)nn2)c1. The molecule has 0 aliphatic carbocycles. The molecule has 17 heavy (non-hydrogen) atoms. The third-order valence-corrected chi connectivity index (χ3v) is 2.21. The van der Waals surface area contributed by atoms with Crippen molar-refractivity contribution in [2.24, 2.45) is 5.73 Å². The van der Waals surface area contributed by atoms with Gasteiger partial charge in [0.2, 0.25) is 5.88 Å². The first kappa shape index (κ1) is 11.5. The average molecular weight is 233 g/mol. The van der Waals surface area contributed by atoms with E-state index < -0.39 is 5.82 Å². The van der Waals surface area contributed by atoms with Crippen LogP contribution in [0.3, 0.4) is 0 Å². The van der Waals surface area contributed by atoms with Crippen LogP contribution in [-0.4, -0.2) is 10.2 Å². The quantitative estimate of drug-likeness (QED) is 0.882. The fourth-order valence-electron chi connectivity index (χ4n) is 1.31. The van der Waals surface area contributed by atoms with Gasteiger partial charge in [0.05, 0.1) is 5.69 Å². The topological polar surface area (TPSA) is 61.0 Å². The van der Waals surface area contributed by atoms with Gasteiger partial charge in [0.1, 0.15) is 0 Å². The first-order valence-electron chi connectivity index (χ1n) is 5.15. The van der Waals surface area contributed by atoms with E-state index in [1.165, 1.54) is 6.07 Å². The lowest BCUT2D eigenvalue weighted by Gasteiger charge is -2.06. The summed E-state index contributed by atoms with van der Waals surface area (Å²) < 4.78 is 18.7. The Morgan fingerprint density at radius 3 is 2.71 bits per heavy atom. The van der Waals surface area contributed by atoms with E-state index in [9.17, 15) is 4.39 Å². The fraction of sp³-hybridized carbons (Fsp3) is 0.167. The van der Waals surface area contributed by atoms with Crippen molar-refractivity contribution in [3.63, 3.8) is 0 Å². The molecule has 1 aromatic carbocycles. The Kier molecular flexibility index (Phi) is 3.30. The zero-order valence-electron chi connectivity index (χ0n) is 9.35. The lowest BCUT2D eigenvalue weighted by atomic mass is 10.2. The van der Waals surface area contributed by atoms with Crippen LogP contribution >= 0.6 is 0 Å². The number of halogens is 1. The van der Waals surface area contributed by atoms with Gasteiger partial charge in [-0.1, -0.05) is 6.07 Å². The highest BCUT2D eigenvalue weighted by Gasteiger charge is 2.06. The highest BCUT2D eigenvalue weighted by molar-refractivity contribution is 5.32. The van der Waals surface area contributed by atoms with Gasteiger partial charge in [-0.2, -0.15) is 5.10 Å². The number of nitrogens with two attached hydrogens (primary N) is 1. The number of benzene rings is 1. The molecule has 0 radical (unpaired) electrons. The number of hydrogen-bond acceptors (Lipinski definition) is 4. The number of rotatable bonds is 3. The number of aryl methyl sites for hydroxylation is 1. The van der Waals surface area contributed by atoms with Crippen LogP contribution in [0.4, 0.5) is 4.39 Å². The third-order valence-electron chi connectivity index (χ3n) is 2.21. The summed E-state index contributed by atoms with van der Waals surface area (Å²) in [7, 11) is 0. The lowest BCUT2D eigenvalue weighted by molar-refractivity contribution is 0.420. The average Bonchev–Trinajstić information content (AvgIpc) is 2.35. The predicted octanol–water partition coefficient (Wildman–Crippen LogP) is 2.18. The minimum atomic E-state index is -0.430. The van der Waals surface area contributed by atoms with Crippen molar-refractivity contribution in [2.75, 3.05) is 0 Å². The van der Waals surface area contributed by atoms with E-state index in [0.717, 1.165) is 5.56 Å². The number of hydrogen-bond donors (Lipinski definition) is 1. The summed E-state index contributed by atoms with van der Waals surface area (Å²) in [5.74, 6) is -0.0493. The third kappa shape index (κ3) is 2.76. The summed E-state index contributed by atoms with van der Waals surface area (Å²) in [6.45, 7) is 2.17. The summed E-state index contributed by atoms with van der Waals surface area (Å²) in [6, 6.07) is 7.93. The Morgan fingerprint density at radius 1 is 1.24 bits per heavy atom. The highest BCUT2D eigenvalue weighted by atomic mass is 19.1. The summed E-state index contributed by atoms with van der Waals surface area (Å²) in [5, 5.41) is 7.62. The Balaban J connectivity index is 2.22. The second kappa shape index (κ2) is 4.88. The van der Waals surface area contributed by atoms with Gasteiger partial charge in [-0.3, -0.25) is 0 Å². The summed E-state index contributed by atoms with van der Waals surface area (Å²) in [4.78, 5) is 0. The molecule has 2 N–H and O–H groups in total. The first-order valence-corrected chi connectivity index (χ1v) is 5.15. The van der Waals surface area contributed by atoms with Crippen LogP contribution < -0.4 is 10.5 Å².